The summed E-state index contributed by atoms with van der Waals surface area (Å²) >= 11 is 1.31. The van der Waals surface area contributed by atoms with Crippen molar-refractivity contribution in [1.82, 2.24) is 9.78 Å². The molecule has 2 heterocycles. The van der Waals surface area contributed by atoms with E-state index in [1.807, 2.05) is 0 Å². The number of carbonyl (C=O) groups excluding carboxylic acids is 2. The highest BCUT2D eigenvalue weighted by Gasteiger charge is 2.31. The normalized spacial score (nSPS) is 11.6. The molecule has 0 saturated heterocycles. The van der Waals surface area contributed by atoms with Gasteiger partial charge in [0.05, 0.1) is 11.1 Å². The summed E-state index contributed by atoms with van der Waals surface area (Å²) in [5.41, 5.74) is 0.342. The summed E-state index contributed by atoms with van der Waals surface area (Å²) in [5.74, 6) is -1.72. The van der Waals surface area contributed by atoms with E-state index in [1.165, 1.54) is 17.4 Å². The summed E-state index contributed by atoms with van der Waals surface area (Å²) < 4.78 is 41.9. The van der Waals surface area contributed by atoms with Crippen molar-refractivity contribution >= 4 is 34.1 Å². The van der Waals surface area contributed by atoms with Gasteiger partial charge in [-0.15, -0.1) is 0 Å². The molecule has 0 radical (unpaired) electrons. The number of fused-ring (bicyclic) bond motifs is 1. The summed E-state index contributed by atoms with van der Waals surface area (Å²) in [4.78, 5) is 24.4. The molecule has 3 rings (SSSR count). The minimum atomic E-state index is -4.64. The smallest absolute Gasteiger partial charge is 0.422 e. The van der Waals surface area contributed by atoms with Crippen molar-refractivity contribution in [3.63, 3.8) is 0 Å². The SMILES string of the molecule is O=C(OCC(F)(F)F)c1nn(C(=O)c2ccsc2)c2ccccc12. The van der Waals surface area contributed by atoms with E-state index in [9.17, 15) is 22.8 Å². The van der Waals surface area contributed by atoms with Crippen molar-refractivity contribution in [3.05, 3.63) is 52.3 Å². The molecule has 0 aliphatic heterocycles. The second kappa shape index (κ2) is 6.08. The molecule has 0 saturated carbocycles. The molecule has 5 nitrogen and oxygen atoms in total. The average molecular weight is 354 g/mol. The third-order valence-corrected chi connectivity index (χ3v) is 3.79. The van der Waals surface area contributed by atoms with Crippen LogP contribution < -0.4 is 0 Å². The van der Waals surface area contributed by atoms with Crippen LogP contribution in [0.1, 0.15) is 20.8 Å². The highest BCUT2D eigenvalue weighted by atomic mass is 32.1. The summed E-state index contributed by atoms with van der Waals surface area (Å²) in [5, 5.41) is 7.44. The van der Waals surface area contributed by atoms with Gasteiger partial charge in [0.1, 0.15) is 0 Å². The molecule has 0 aliphatic rings. The number of esters is 1. The fourth-order valence-corrected chi connectivity index (χ4v) is 2.73. The lowest BCUT2D eigenvalue weighted by Crippen LogP contribution is -2.21. The van der Waals surface area contributed by atoms with E-state index in [-0.39, 0.29) is 11.1 Å². The molecule has 0 fully saturated rings. The first-order valence-corrected chi connectivity index (χ1v) is 7.59. The van der Waals surface area contributed by atoms with Gasteiger partial charge in [0.2, 0.25) is 0 Å². The molecule has 2 aromatic heterocycles. The van der Waals surface area contributed by atoms with Gasteiger partial charge in [-0.05, 0) is 17.5 Å². The van der Waals surface area contributed by atoms with Crippen LogP contribution in [-0.4, -0.2) is 34.4 Å². The Morgan fingerprint density at radius 1 is 1.21 bits per heavy atom. The predicted molar refractivity (Wildman–Crippen MR) is 80.1 cm³/mol. The van der Waals surface area contributed by atoms with Crippen LogP contribution in [-0.2, 0) is 4.74 Å². The number of halogens is 3. The maximum Gasteiger partial charge on any atom is 0.422 e. The van der Waals surface area contributed by atoms with Crippen LogP contribution in [0.15, 0.2) is 41.1 Å². The maximum atomic E-state index is 12.4. The first-order valence-electron chi connectivity index (χ1n) is 6.65. The minimum Gasteiger partial charge on any atom is -0.451 e. The Labute approximate surface area is 137 Å². The van der Waals surface area contributed by atoms with Crippen LogP contribution in [0.3, 0.4) is 0 Å². The third kappa shape index (κ3) is 3.16. The molecule has 3 aromatic rings. The van der Waals surface area contributed by atoms with Crippen molar-refractivity contribution in [1.29, 1.82) is 0 Å². The van der Waals surface area contributed by atoms with Crippen LogP contribution >= 0.6 is 11.3 Å². The van der Waals surface area contributed by atoms with E-state index < -0.39 is 24.7 Å². The average Bonchev–Trinajstić information content (AvgIpc) is 3.19. The number of aromatic nitrogens is 2. The Morgan fingerprint density at radius 3 is 2.62 bits per heavy atom. The standard InChI is InChI=1S/C15H9F3N2O3S/c16-15(17,18)8-23-14(22)12-10-3-1-2-4-11(10)20(19-12)13(21)9-5-6-24-7-9/h1-7H,8H2. The van der Waals surface area contributed by atoms with Gasteiger partial charge in [-0.2, -0.15) is 34.3 Å². The zero-order valence-electron chi connectivity index (χ0n) is 11.9. The summed E-state index contributed by atoms with van der Waals surface area (Å²) in [6, 6.07) is 7.85. The van der Waals surface area contributed by atoms with Crippen LogP contribution in [0.2, 0.25) is 0 Å². The van der Waals surface area contributed by atoms with E-state index in [4.69, 9.17) is 0 Å². The number of para-hydroxylation sites is 1. The molecule has 0 atom stereocenters. The Kier molecular flexibility index (Phi) is 4.10. The lowest BCUT2D eigenvalue weighted by atomic mass is 10.2. The van der Waals surface area contributed by atoms with Gasteiger partial charge in [-0.25, -0.2) is 4.79 Å². The minimum absolute atomic E-state index is 0.244. The molecule has 124 valence electrons. The second-order valence-electron chi connectivity index (χ2n) is 4.79. The Morgan fingerprint density at radius 2 is 1.96 bits per heavy atom. The van der Waals surface area contributed by atoms with E-state index in [0.29, 0.717) is 11.1 Å². The number of hydrogen-bond donors (Lipinski definition) is 0. The molecule has 9 heteroatoms. The van der Waals surface area contributed by atoms with Crippen LogP contribution in [0.25, 0.3) is 10.9 Å². The molecular formula is C15H9F3N2O3S. The number of hydrogen-bond acceptors (Lipinski definition) is 5. The van der Waals surface area contributed by atoms with E-state index in [2.05, 4.69) is 9.84 Å². The highest BCUT2D eigenvalue weighted by molar-refractivity contribution is 7.08. The summed E-state index contributed by atoms with van der Waals surface area (Å²) in [7, 11) is 0. The van der Waals surface area contributed by atoms with Crippen molar-refractivity contribution in [2.45, 2.75) is 6.18 Å². The zero-order valence-corrected chi connectivity index (χ0v) is 12.7. The largest absolute Gasteiger partial charge is 0.451 e. The monoisotopic (exact) mass is 354 g/mol. The fraction of sp³-hybridized carbons (Fsp3) is 0.133. The van der Waals surface area contributed by atoms with E-state index >= 15 is 0 Å². The molecule has 0 unspecified atom stereocenters. The molecule has 24 heavy (non-hydrogen) atoms. The van der Waals surface area contributed by atoms with Gasteiger partial charge >= 0.3 is 12.1 Å². The predicted octanol–water partition coefficient (Wildman–Crippen LogP) is 3.51. The Hall–Kier alpha value is -2.68. The van der Waals surface area contributed by atoms with Gasteiger partial charge in [0.25, 0.3) is 5.91 Å². The fourth-order valence-electron chi connectivity index (χ4n) is 2.10. The molecule has 0 aliphatic carbocycles. The van der Waals surface area contributed by atoms with Crippen LogP contribution in [0.5, 0.6) is 0 Å². The lowest BCUT2D eigenvalue weighted by Gasteiger charge is -2.06. The molecule has 0 N–H and O–H groups in total. The van der Waals surface area contributed by atoms with Gasteiger partial charge in [0.15, 0.2) is 12.3 Å². The number of alkyl halides is 3. The second-order valence-corrected chi connectivity index (χ2v) is 5.57. The van der Waals surface area contributed by atoms with Crippen molar-refractivity contribution in [2.24, 2.45) is 0 Å². The quantitative estimate of drug-likeness (QED) is 0.676. The molecule has 0 spiro atoms. The van der Waals surface area contributed by atoms with Crippen LogP contribution in [0, 0.1) is 0 Å². The number of thiophene rings is 1. The number of ether oxygens (including phenoxy) is 1. The van der Waals surface area contributed by atoms with Gasteiger partial charge < -0.3 is 4.74 Å². The van der Waals surface area contributed by atoms with Gasteiger partial charge in [-0.1, -0.05) is 18.2 Å². The van der Waals surface area contributed by atoms with Crippen LogP contribution in [0.4, 0.5) is 13.2 Å². The summed E-state index contributed by atoms with van der Waals surface area (Å²) in [6.45, 7) is -1.72. The molecule has 0 bridgehead atoms. The van der Waals surface area contributed by atoms with E-state index in [0.717, 1.165) is 4.68 Å². The number of benzene rings is 1. The van der Waals surface area contributed by atoms with Gasteiger partial charge in [0, 0.05) is 10.8 Å². The maximum absolute atomic E-state index is 12.4. The molecule has 1 aromatic carbocycles. The Bertz CT molecular complexity index is 900. The van der Waals surface area contributed by atoms with Crippen molar-refractivity contribution in [2.75, 3.05) is 6.61 Å². The highest BCUT2D eigenvalue weighted by Crippen LogP contribution is 2.22. The topological polar surface area (TPSA) is 61.2 Å². The Balaban J connectivity index is 2.01. The van der Waals surface area contributed by atoms with Crippen molar-refractivity contribution < 1.29 is 27.5 Å². The first kappa shape index (κ1) is 16.2. The summed E-state index contributed by atoms with van der Waals surface area (Å²) in [6.07, 6.45) is -4.64. The zero-order chi connectivity index (χ0) is 17.3. The molecule has 0 amide bonds. The number of rotatable bonds is 3. The lowest BCUT2D eigenvalue weighted by molar-refractivity contribution is -0.161. The van der Waals surface area contributed by atoms with E-state index in [1.54, 1.807) is 35.0 Å². The number of nitrogens with zero attached hydrogens (tertiary/aromatic N) is 2. The van der Waals surface area contributed by atoms with Crippen molar-refractivity contribution in [3.8, 4) is 0 Å². The first-order chi connectivity index (χ1) is 11.4. The van der Waals surface area contributed by atoms with Gasteiger partial charge in [-0.3, -0.25) is 4.79 Å². The molecular weight excluding hydrogens is 345 g/mol. The number of carbonyl (C=O) groups is 2. The third-order valence-electron chi connectivity index (χ3n) is 3.11.